The van der Waals surface area contributed by atoms with Crippen LogP contribution in [0.5, 0.6) is 0 Å². The molecule has 1 fully saturated rings. The summed E-state index contributed by atoms with van der Waals surface area (Å²) >= 11 is 1.77. The van der Waals surface area contributed by atoms with Crippen LogP contribution in [0.3, 0.4) is 0 Å². The minimum Gasteiger partial charge on any atom is -0.351 e. The van der Waals surface area contributed by atoms with E-state index in [1.165, 1.54) is 6.07 Å². The van der Waals surface area contributed by atoms with Crippen molar-refractivity contribution in [2.24, 2.45) is 0 Å². The van der Waals surface area contributed by atoms with Crippen LogP contribution in [0.25, 0.3) is 0 Å². The molecule has 17 heavy (non-hydrogen) atoms. The van der Waals surface area contributed by atoms with Gasteiger partial charge in [0.1, 0.15) is 5.82 Å². The third-order valence-electron chi connectivity index (χ3n) is 3.25. The molecule has 4 heteroatoms. The predicted molar refractivity (Wildman–Crippen MR) is 69.0 cm³/mol. The second kappa shape index (κ2) is 4.69. The van der Waals surface area contributed by atoms with Gasteiger partial charge < -0.3 is 5.32 Å². The molecule has 1 aliphatic carbocycles. The molecule has 0 bridgehead atoms. The van der Waals surface area contributed by atoms with Crippen LogP contribution in [0.4, 0.5) is 4.39 Å². The van der Waals surface area contributed by atoms with E-state index in [0.29, 0.717) is 12.1 Å². The monoisotopic (exact) mass is 253 g/mol. The summed E-state index contributed by atoms with van der Waals surface area (Å²) in [7, 11) is 0. The van der Waals surface area contributed by atoms with E-state index in [9.17, 15) is 9.18 Å². The molecule has 1 saturated carbocycles. The van der Waals surface area contributed by atoms with Crippen molar-refractivity contribution in [2.45, 2.75) is 24.5 Å². The van der Waals surface area contributed by atoms with Crippen molar-refractivity contribution in [2.75, 3.05) is 12.8 Å². The zero-order valence-corrected chi connectivity index (χ0v) is 10.9. The van der Waals surface area contributed by atoms with Crippen LogP contribution in [0.2, 0.25) is 0 Å². The van der Waals surface area contributed by atoms with E-state index in [1.54, 1.807) is 30.8 Å². The lowest BCUT2D eigenvalue weighted by Gasteiger charge is -2.13. The highest BCUT2D eigenvalue weighted by Crippen LogP contribution is 2.46. The SMILES string of the molecule is CSC1(CNC(=O)c2cccc(C)c2F)CC1. The number of aryl methyl sites for hydroxylation is 1. The van der Waals surface area contributed by atoms with E-state index in [0.717, 1.165) is 12.8 Å². The first-order valence-corrected chi connectivity index (χ1v) is 6.89. The Hall–Kier alpha value is -1.03. The molecule has 1 N–H and O–H groups in total. The third-order valence-corrected chi connectivity index (χ3v) is 4.67. The Kier molecular flexibility index (Phi) is 3.43. The molecule has 0 unspecified atom stereocenters. The Morgan fingerprint density at radius 2 is 2.24 bits per heavy atom. The fourth-order valence-corrected chi connectivity index (χ4v) is 2.48. The molecule has 2 nitrogen and oxygen atoms in total. The Labute approximate surface area is 105 Å². The van der Waals surface area contributed by atoms with Crippen molar-refractivity contribution in [1.29, 1.82) is 0 Å². The van der Waals surface area contributed by atoms with Crippen molar-refractivity contribution in [1.82, 2.24) is 5.32 Å². The van der Waals surface area contributed by atoms with Gasteiger partial charge >= 0.3 is 0 Å². The first kappa shape index (κ1) is 12.4. The summed E-state index contributed by atoms with van der Waals surface area (Å²) in [5.74, 6) is -0.731. The van der Waals surface area contributed by atoms with E-state index in [-0.39, 0.29) is 16.2 Å². The molecule has 92 valence electrons. The Morgan fingerprint density at radius 3 is 2.82 bits per heavy atom. The van der Waals surface area contributed by atoms with Crippen molar-refractivity contribution in [3.8, 4) is 0 Å². The highest BCUT2D eigenvalue weighted by molar-refractivity contribution is 8.00. The van der Waals surface area contributed by atoms with Gasteiger partial charge in [0, 0.05) is 11.3 Å². The number of halogens is 1. The van der Waals surface area contributed by atoms with Gasteiger partial charge in [-0.05, 0) is 37.7 Å². The molecular weight excluding hydrogens is 237 g/mol. The standard InChI is InChI=1S/C13H16FNOS/c1-9-4-3-5-10(11(9)14)12(16)15-8-13(17-2)6-7-13/h3-5H,6-8H2,1-2H3,(H,15,16). The van der Waals surface area contributed by atoms with Crippen molar-refractivity contribution in [3.05, 3.63) is 35.1 Å². The van der Waals surface area contributed by atoms with Crippen LogP contribution in [0, 0.1) is 12.7 Å². The zero-order chi connectivity index (χ0) is 12.5. The summed E-state index contributed by atoms with van der Waals surface area (Å²) in [6.07, 6.45) is 4.31. The normalized spacial score (nSPS) is 16.6. The minimum atomic E-state index is -0.418. The van der Waals surface area contributed by atoms with Gasteiger partial charge in [0.2, 0.25) is 0 Å². The van der Waals surface area contributed by atoms with Crippen molar-refractivity contribution < 1.29 is 9.18 Å². The number of thioether (sulfide) groups is 1. The van der Waals surface area contributed by atoms with Gasteiger partial charge in [0.05, 0.1) is 5.56 Å². The topological polar surface area (TPSA) is 29.1 Å². The van der Waals surface area contributed by atoms with Crippen molar-refractivity contribution >= 4 is 17.7 Å². The molecule has 0 atom stereocenters. The van der Waals surface area contributed by atoms with E-state index < -0.39 is 5.82 Å². The molecule has 0 spiro atoms. The van der Waals surface area contributed by atoms with Gasteiger partial charge in [0.15, 0.2) is 0 Å². The Morgan fingerprint density at radius 1 is 1.53 bits per heavy atom. The molecule has 0 aromatic heterocycles. The average Bonchev–Trinajstić information content (AvgIpc) is 3.10. The Bertz CT molecular complexity index is 443. The molecule has 0 aliphatic heterocycles. The van der Waals surface area contributed by atoms with Gasteiger partial charge in [-0.2, -0.15) is 11.8 Å². The molecule has 1 aliphatic rings. The minimum absolute atomic E-state index is 0.141. The third kappa shape index (κ3) is 2.63. The maximum absolute atomic E-state index is 13.7. The second-order valence-electron chi connectivity index (χ2n) is 4.51. The predicted octanol–water partition coefficient (Wildman–Crippen LogP) is 2.76. The molecule has 0 heterocycles. The molecule has 0 saturated heterocycles. The second-order valence-corrected chi connectivity index (χ2v) is 5.78. The summed E-state index contributed by atoms with van der Waals surface area (Å²) in [5, 5.41) is 2.82. The Balaban J connectivity index is 2.02. The van der Waals surface area contributed by atoms with E-state index in [2.05, 4.69) is 5.32 Å². The molecule has 1 amide bonds. The number of carbonyl (C=O) groups is 1. The summed E-state index contributed by atoms with van der Waals surface area (Å²) in [6, 6.07) is 4.89. The maximum Gasteiger partial charge on any atom is 0.254 e. The summed E-state index contributed by atoms with van der Waals surface area (Å²) < 4.78 is 13.9. The van der Waals surface area contributed by atoms with Crippen LogP contribution in [-0.4, -0.2) is 23.5 Å². The van der Waals surface area contributed by atoms with E-state index in [1.807, 2.05) is 6.26 Å². The number of nitrogens with one attached hydrogen (secondary N) is 1. The summed E-state index contributed by atoms with van der Waals surface area (Å²) in [5.41, 5.74) is 0.644. The van der Waals surface area contributed by atoms with Crippen LogP contribution in [0.1, 0.15) is 28.8 Å². The fraction of sp³-hybridized carbons (Fsp3) is 0.462. The summed E-state index contributed by atoms with van der Waals surface area (Å²) in [4.78, 5) is 11.8. The van der Waals surface area contributed by atoms with Gasteiger partial charge in [-0.15, -0.1) is 0 Å². The van der Waals surface area contributed by atoms with E-state index >= 15 is 0 Å². The van der Waals surface area contributed by atoms with Gasteiger partial charge in [-0.25, -0.2) is 4.39 Å². The van der Waals surface area contributed by atoms with Crippen LogP contribution < -0.4 is 5.32 Å². The lowest BCUT2D eigenvalue weighted by Crippen LogP contribution is -2.32. The number of benzene rings is 1. The number of rotatable bonds is 4. The van der Waals surface area contributed by atoms with Gasteiger partial charge in [-0.3, -0.25) is 4.79 Å². The number of amides is 1. The zero-order valence-electron chi connectivity index (χ0n) is 10.0. The number of hydrogen-bond acceptors (Lipinski definition) is 2. The van der Waals surface area contributed by atoms with E-state index in [4.69, 9.17) is 0 Å². The molecule has 1 aromatic rings. The quantitative estimate of drug-likeness (QED) is 0.894. The highest BCUT2D eigenvalue weighted by atomic mass is 32.2. The first-order valence-electron chi connectivity index (χ1n) is 5.66. The summed E-state index contributed by atoms with van der Waals surface area (Å²) in [6.45, 7) is 2.29. The first-order chi connectivity index (χ1) is 8.08. The molecule has 0 radical (unpaired) electrons. The highest BCUT2D eigenvalue weighted by Gasteiger charge is 2.42. The molecule has 1 aromatic carbocycles. The lowest BCUT2D eigenvalue weighted by atomic mass is 10.1. The van der Waals surface area contributed by atoms with Gasteiger partial charge in [0.25, 0.3) is 5.91 Å². The van der Waals surface area contributed by atoms with Crippen LogP contribution in [-0.2, 0) is 0 Å². The van der Waals surface area contributed by atoms with Crippen LogP contribution in [0.15, 0.2) is 18.2 Å². The van der Waals surface area contributed by atoms with Gasteiger partial charge in [-0.1, -0.05) is 12.1 Å². The van der Waals surface area contributed by atoms with Crippen LogP contribution >= 0.6 is 11.8 Å². The smallest absolute Gasteiger partial charge is 0.254 e. The number of hydrogen-bond donors (Lipinski definition) is 1. The maximum atomic E-state index is 13.7. The largest absolute Gasteiger partial charge is 0.351 e. The fourth-order valence-electron chi connectivity index (χ4n) is 1.75. The molecule has 2 rings (SSSR count). The molecular formula is C13H16FNOS. The lowest BCUT2D eigenvalue weighted by molar-refractivity contribution is 0.0949. The van der Waals surface area contributed by atoms with Crippen molar-refractivity contribution in [3.63, 3.8) is 0 Å². The average molecular weight is 253 g/mol. The number of carbonyl (C=O) groups excluding carboxylic acids is 1.